The molecule has 0 bridgehead atoms. The number of rotatable bonds is 0. The molecule has 0 spiro atoms. The van der Waals surface area contributed by atoms with E-state index in [1.807, 2.05) is 6.07 Å². The van der Waals surface area contributed by atoms with E-state index < -0.39 is 0 Å². The zero-order valence-corrected chi connectivity index (χ0v) is 7.42. The van der Waals surface area contributed by atoms with Crippen molar-refractivity contribution >= 4 is 0 Å². The zero-order valence-electron chi connectivity index (χ0n) is 7.42. The summed E-state index contributed by atoms with van der Waals surface area (Å²) in [4.78, 5) is 0. The fourth-order valence-corrected chi connectivity index (χ4v) is 2.42. The number of aliphatic hydroxyl groups is 1. The highest BCUT2D eigenvalue weighted by Crippen LogP contribution is 2.40. The summed E-state index contributed by atoms with van der Waals surface area (Å²) < 4.78 is 5.46. The molecule has 0 amide bonds. The molecule has 1 aromatic rings. The van der Waals surface area contributed by atoms with Crippen LogP contribution in [-0.4, -0.2) is 11.7 Å². The topological polar surface area (TPSA) is 29.5 Å². The zero-order chi connectivity index (χ0) is 8.84. The van der Waals surface area contributed by atoms with Crippen molar-refractivity contribution in [3.63, 3.8) is 0 Å². The fourth-order valence-electron chi connectivity index (χ4n) is 2.42. The lowest BCUT2D eigenvalue weighted by atomic mass is 10.0. The molecule has 0 saturated carbocycles. The Balaban J connectivity index is 2.23. The molecule has 0 aromatic heterocycles. The number of ether oxygens (including phenoxy) is 1. The van der Waals surface area contributed by atoms with E-state index in [1.165, 1.54) is 11.1 Å². The third kappa shape index (κ3) is 0.923. The molecule has 13 heavy (non-hydrogen) atoms. The normalized spacial score (nSPS) is 23.9. The van der Waals surface area contributed by atoms with Gasteiger partial charge in [-0.25, -0.2) is 0 Å². The Bertz CT molecular complexity index is 357. The van der Waals surface area contributed by atoms with Gasteiger partial charge in [0.1, 0.15) is 5.75 Å². The minimum Gasteiger partial charge on any atom is -0.493 e. The lowest BCUT2D eigenvalue weighted by Crippen LogP contribution is -1.95. The van der Waals surface area contributed by atoms with Crippen molar-refractivity contribution in [2.75, 3.05) is 6.61 Å². The minimum atomic E-state index is -0.244. The van der Waals surface area contributed by atoms with Crippen LogP contribution in [0.4, 0.5) is 0 Å². The van der Waals surface area contributed by atoms with Crippen LogP contribution in [0.15, 0.2) is 12.1 Å². The molecule has 3 rings (SSSR count). The van der Waals surface area contributed by atoms with E-state index in [-0.39, 0.29) is 6.10 Å². The predicted octanol–water partition coefficient (Wildman–Crippen LogP) is 1.60. The van der Waals surface area contributed by atoms with Gasteiger partial charge < -0.3 is 9.84 Å². The maximum absolute atomic E-state index is 9.79. The molecule has 1 aliphatic heterocycles. The maximum atomic E-state index is 9.79. The van der Waals surface area contributed by atoms with Crippen LogP contribution in [-0.2, 0) is 12.8 Å². The molecule has 2 heteroatoms. The van der Waals surface area contributed by atoms with Gasteiger partial charge in [-0.3, -0.25) is 0 Å². The van der Waals surface area contributed by atoms with E-state index in [4.69, 9.17) is 4.74 Å². The summed E-state index contributed by atoms with van der Waals surface area (Å²) in [5, 5.41) is 9.79. The number of hydrogen-bond acceptors (Lipinski definition) is 2. The second-order valence-corrected chi connectivity index (χ2v) is 3.77. The molecule has 1 aromatic carbocycles. The second-order valence-electron chi connectivity index (χ2n) is 3.77. The van der Waals surface area contributed by atoms with Crippen LogP contribution < -0.4 is 4.74 Å². The molecule has 2 nitrogen and oxygen atoms in total. The third-order valence-corrected chi connectivity index (χ3v) is 3.03. The smallest absolute Gasteiger partial charge is 0.123 e. The van der Waals surface area contributed by atoms with Crippen LogP contribution in [0.3, 0.4) is 0 Å². The summed E-state index contributed by atoms with van der Waals surface area (Å²) >= 11 is 0. The molecule has 1 heterocycles. The monoisotopic (exact) mass is 176 g/mol. The van der Waals surface area contributed by atoms with Crippen LogP contribution in [0.25, 0.3) is 0 Å². The van der Waals surface area contributed by atoms with Crippen molar-refractivity contribution in [2.24, 2.45) is 0 Å². The lowest BCUT2D eigenvalue weighted by molar-refractivity contribution is 0.179. The van der Waals surface area contributed by atoms with Crippen molar-refractivity contribution < 1.29 is 9.84 Å². The first-order chi connectivity index (χ1) is 6.36. The van der Waals surface area contributed by atoms with Crippen molar-refractivity contribution in [1.82, 2.24) is 0 Å². The Morgan fingerprint density at radius 1 is 1.31 bits per heavy atom. The molecule has 0 saturated heterocycles. The predicted molar refractivity (Wildman–Crippen MR) is 48.9 cm³/mol. The Hall–Kier alpha value is -1.02. The molecule has 1 N–H and O–H groups in total. The van der Waals surface area contributed by atoms with E-state index in [2.05, 4.69) is 6.07 Å². The summed E-state index contributed by atoms with van der Waals surface area (Å²) in [5.41, 5.74) is 3.73. The molecular formula is C11H12O2. The van der Waals surface area contributed by atoms with Crippen molar-refractivity contribution in [1.29, 1.82) is 0 Å². The van der Waals surface area contributed by atoms with E-state index in [0.717, 1.165) is 37.2 Å². The average molecular weight is 176 g/mol. The van der Waals surface area contributed by atoms with Gasteiger partial charge in [-0.05, 0) is 30.0 Å². The molecule has 0 unspecified atom stereocenters. The van der Waals surface area contributed by atoms with Crippen LogP contribution in [0.5, 0.6) is 5.75 Å². The molecule has 0 radical (unpaired) electrons. The Labute approximate surface area is 77.2 Å². The highest BCUT2D eigenvalue weighted by atomic mass is 16.5. The van der Waals surface area contributed by atoms with E-state index >= 15 is 0 Å². The number of fused-ring (bicyclic) bond motifs is 3. The summed E-state index contributed by atoms with van der Waals surface area (Å²) in [6, 6.07) is 4.13. The molecular weight excluding hydrogens is 164 g/mol. The Morgan fingerprint density at radius 2 is 2.23 bits per heavy atom. The molecule has 2 aliphatic rings. The summed E-state index contributed by atoms with van der Waals surface area (Å²) in [5.74, 6) is 0.986. The summed E-state index contributed by atoms with van der Waals surface area (Å²) in [6.07, 6.45) is 2.62. The Morgan fingerprint density at radius 3 is 3.15 bits per heavy atom. The number of benzene rings is 1. The second kappa shape index (κ2) is 2.48. The van der Waals surface area contributed by atoms with Crippen molar-refractivity contribution in [3.05, 3.63) is 28.8 Å². The molecule has 0 fully saturated rings. The van der Waals surface area contributed by atoms with Crippen LogP contribution >= 0.6 is 0 Å². The average Bonchev–Trinajstić information content (AvgIpc) is 2.70. The van der Waals surface area contributed by atoms with Crippen LogP contribution in [0.2, 0.25) is 0 Å². The summed E-state index contributed by atoms with van der Waals surface area (Å²) in [6.45, 7) is 0.776. The highest BCUT2D eigenvalue weighted by molar-refractivity contribution is 5.50. The first-order valence-electron chi connectivity index (χ1n) is 4.82. The van der Waals surface area contributed by atoms with Gasteiger partial charge in [-0.1, -0.05) is 6.07 Å². The Kier molecular flexibility index (Phi) is 1.41. The third-order valence-electron chi connectivity index (χ3n) is 3.03. The van der Waals surface area contributed by atoms with Crippen molar-refractivity contribution in [2.45, 2.75) is 25.4 Å². The maximum Gasteiger partial charge on any atom is 0.123 e. The van der Waals surface area contributed by atoms with E-state index in [9.17, 15) is 5.11 Å². The largest absolute Gasteiger partial charge is 0.493 e. The minimum absolute atomic E-state index is 0.244. The SMILES string of the molecule is O[C@H]1CCc2ccc3c(c21)CCO3. The molecule has 1 aliphatic carbocycles. The number of hydrogen-bond donors (Lipinski definition) is 1. The van der Waals surface area contributed by atoms with Crippen molar-refractivity contribution in [3.8, 4) is 5.75 Å². The lowest BCUT2D eigenvalue weighted by Gasteiger charge is -2.08. The van der Waals surface area contributed by atoms with E-state index in [1.54, 1.807) is 0 Å². The fraction of sp³-hybridized carbons (Fsp3) is 0.455. The standard InChI is InChI=1S/C11H12O2/c12-9-3-1-7-2-4-10-8(11(7)9)5-6-13-10/h2,4,9,12H,1,3,5-6H2/t9-/m0/s1. The van der Waals surface area contributed by atoms with Gasteiger partial charge in [0.05, 0.1) is 12.7 Å². The van der Waals surface area contributed by atoms with Gasteiger partial charge in [0.25, 0.3) is 0 Å². The van der Waals surface area contributed by atoms with Gasteiger partial charge in [0.2, 0.25) is 0 Å². The quantitative estimate of drug-likeness (QED) is 0.650. The van der Waals surface area contributed by atoms with Gasteiger partial charge >= 0.3 is 0 Å². The highest BCUT2D eigenvalue weighted by Gasteiger charge is 2.27. The van der Waals surface area contributed by atoms with Crippen LogP contribution in [0.1, 0.15) is 29.2 Å². The summed E-state index contributed by atoms with van der Waals surface area (Å²) in [7, 11) is 0. The van der Waals surface area contributed by atoms with Crippen LogP contribution in [0, 0.1) is 0 Å². The van der Waals surface area contributed by atoms with Gasteiger partial charge in [-0.15, -0.1) is 0 Å². The van der Waals surface area contributed by atoms with Gasteiger partial charge in [0, 0.05) is 12.0 Å². The van der Waals surface area contributed by atoms with Gasteiger partial charge in [-0.2, -0.15) is 0 Å². The first-order valence-corrected chi connectivity index (χ1v) is 4.82. The first kappa shape index (κ1) is 7.39. The number of aliphatic hydroxyl groups excluding tert-OH is 1. The molecule has 68 valence electrons. The van der Waals surface area contributed by atoms with E-state index in [0.29, 0.717) is 0 Å². The number of aryl methyl sites for hydroxylation is 1. The van der Waals surface area contributed by atoms with Gasteiger partial charge in [0.15, 0.2) is 0 Å². The molecule has 1 atom stereocenters.